The SMILES string of the molecule is CCCSCCc1[nH]cc[n+]1CC. The number of aromatic amines is 1. The van der Waals surface area contributed by atoms with E-state index in [0.717, 1.165) is 13.0 Å². The molecule has 0 amide bonds. The van der Waals surface area contributed by atoms with Gasteiger partial charge in [0.15, 0.2) is 0 Å². The first-order valence-corrected chi connectivity index (χ1v) is 6.17. The molecular formula is C10H19N2S+. The molecule has 0 aromatic carbocycles. The van der Waals surface area contributed by atoms with Gasteiger partial charge in [-0.15, -0.1) is 0 Å². The Kier molecular flexibility index (Phi) is 4.98. The predicted octanol–water partition coefficient (Wildman–Crippen LogP) is 2.01. The molecule has 0 spiro atoms. The average Bonchev–Trinajstić information content (AvgIpc) is 2.60. The average molecular weight is 199 g/mol. The van der Waals surface area contributed by atoms with Crippen molar-refractivity contribution in [3.8, 4) is 0 Å². The Morgan fingerprint density at radius 3 is 2.92 bits per heavy atom. The third kappa shape index (κ3) is 3.43. The molecule has 0 aliphatic carbocycles. The van der Waals surface area contributed by atoms with Crippen LogP contribution in [0.25, 0.3) is 0 Å². The molecule has 0 unspecified atom stereocenters. The van der Waals surface area contributed by atoms with Crippen molar-refractivity contribution in [2.75, 3.05) is 11.5 Å². The summed E-state index contributed by atoms with van der Waals surface area (Å²) in [5.41, 5.74) is 0. The van der Waals surface area contributed by atoms with Crippen LogP contribution in [-0.2, 0) is 13.0 Å². The Bertz CT molecular complexity index is 233. The first-order chi connectivity index (χ1) is 6.38. The molecule has 1 heterocycles. The van der Waals surface area contributed by atoms with Crippen LogP contribution < -0.4 is 4.57 Å². The van der Waals surface area contributed by atoms with Crippen molar-refractivity contribution in [2.24, 2.45) is 0 Å². The maximum atomic E-state index is 3.28. The number of thioether (sulfide) groups is 1. The number of aryl methyl sites for hydroxylation is 2. The summed E-state index contributed by atoms with van der Waals surface area (Å²) in [5.74, 6) is 3.87. The van der Waals surface area contributed by atoms with Crippen molar-refractivity contribution in [2.45, 2.75) is 33.2 Å². The largest absolute Gasteiger partial charge is 0.255 e. The lowest BCUT2D eigenvalue weighted by Crippen LogP contribution is -2.34. The third-order valence-electron chi connectivity index (χ3n) is 2.02. The number of nitrogens with zero attached hydrogens (tertiary/aromatic N) is 1. The van der Waals surface area contributed by atoms with Crippen molar-refractivity contribution in [1.82, 2.24) is 4.98 Å². The maximum absolute atomic E-state index is 3.28. The third-order valence-corrected chi connectivity index (χ3v) is 3.21. The number of hydrogen-bond acceptors (Lipinski definition) is 1. The molecule has 1 rings (SSSR count). The fraction of sp³-hybridized carbons (Fsp3) is 0.700. The summed E-state index contributed by atoms with van der Waals surface area (Å²) < 4.78 is 2.27. The molecule has 3 heteroatoms. The zero-order chi connectivity index (χ0) is 9.52. The molecule has 0 bridgehead atoms. The van der Waals surface area contributed by atoms with E-state index in [1.165, 1.54) is 23.8 Å². The van der Waals surface area contributed by atoms with Crippen molar-refractivity contribution < 1.29 is 4.57 Å². The Labute approximate surface area is 84.7 Å². The molecule has 0 saturated heterocycles. The van der Waals surface area contributed by atoms with Gasteiger partial charge in [-0.3, -0.25) is 0 Å². The van der Waals surface area contributed by atoms with Gasteiger partial charge in [0, 0.05) is 5.75 Å². The van der Waals surface area contributed by atoms with Crippen LogP contribution in [0.15, 0.2) is 12.4 Å². The van der Waals surface area contributed by atoms with Crippen LogP contribution >= 0.6 is 11.8 Å². The van der Waals surface area contributed by atoms with E-state index in [-0.39, 0.29) is 0 Å². The minimum Gasteiger partial charge on any atom is -0.248 e. The molecule has 0 fully saturated rings. The highest BCUT2D eigenvalue weighted by atomic mass is 32.2. The molecule has 74 valence electrons. The monoisotopic (exact) mass is 199 g/mol. The number of rotatable bonds is 6. The second-order valence-electron chi connectivity index (χ2n) is 3.06. The number of imidazole rings is 1. The van der Waals surface area contributed by atoms with Gasteiger partial charge in [0.1, 0.15) is 12.4 Å². The smallest absolute Gasteiger partial charge is 0.248 e. The second-order valence-corrected chi connectivity index (χ2v) is 4.28. The molecule has 1 aromatic rings. The van der Waals surface area contributed by atoms with Crippen molar-refractivity contribution in [1.29, 1.82) is 0 Å². The van der Waals surface area contributed by atoms with Gasteiger partial charge in [-0.25, -0.2) is 9.55 Å². The van der Waals surface area contributed by atoms with Crippen LogP contribution in [0.2, 0.25) is 0 Å². The first-order valence-electron chi connectivity index (χ1n) is 5.02. The summed E-state index contributed by atoms with van der Waals surface area (Å²) in [6, 6.07) is 0. The van der Waals surface area contributed by atoms with E-state index in [1.807, 2.05) is 18.0 Å². The number of aromatic nitrogens is 2. The van der Waals surface area contributed by atoms with Crippen LogP contribution in [0.1, 0.15) is 26.1 Å². The summed E-state index contributed by atoms with van der Waals surface area (Å²) in [5, 5.41) is 0. The van der Waals surface area contributed by atoms with Gasteiger partial charge in [-0.2, -0.15) is 11.8 Å². The lowest BCUT2D eigenvalue weighted by atomic mass is 10.4. The van der Waals surface area contributed by atoms with Gasteiger partial charge < -0.3 is 0 Å². The highest BCUT2D eigenvalue weighted by Gasteiger charge is 2.07. The minimum atomic E-state index is 1.07. The predicted molar refractivity (Wildman–Crippen MR) is 58.0 cm³/mol. The summed E-state index contributed by atoms with van der Waals surface area (Å²) in [4.78, 5) is 3.28. The zero-order valence-corrected chi connectivity index (χ0v) is 9.36. The van der Waals surface area contributed by atoms with E-state index >= 15 is 0 Å². The molecule has 0 radical (unpaired) electrons. The fourth-order valence-corrected chi connectivity index (χ4v) is 2.15. The van der Waals surface area contributed by atoms with Crippen LogP contribution in [0.3, 0.4) is 0 Å². The van der Waals surface area contributed by atoms with Crippen molar-refractivity contribution in [3.05, 3.63) is 18.2 Å². The van der Waals surface area contributed by atoms with Gasteiger partial charge in [-0.05, 0) is 19.1 Å². The zero-order valence-electron chi connectivity index (χ0n) is 8.55. The molecular weight excluding hydrogens is 180 g/mol. The lowest BCUT2D eigenvalue weighted by Gasteiger charge is -1.97. The number of nitrogens with one attached hydrogen (secondary N) is 1. The van der Waals surface area contributed by atoms with Crippen molar-refractivity contribution in [3.63, 3.8) is 0 Å². The van der Waals surface area contributed by atoms with E-state index in [9.17, 15) is 0 Å². The highest BCUT2D eigenvalue weighted by Crippen LogP contribution is 2.04. The Morgan fingerprint density at radius 1 is 1.38 bits per heavy atom. The fourth-order valence-electron chi connectivity index (χ4n) is 1.32. The van der Waals surface area contributed by atoms with Crippen LogP contribution in [0.5, 0.6) is 0 Å². The molecule has 0 aliphatic rings. The van der Waals surface area contributed by atoms with Gasteiger partial charge in [-0.1, -0.05) is 6.92 Å². The van der Waals surface area contributed by atoms with Gasteiger partial charge >= 0.3 is 0 Å². The van der Waals surface area contributed by atoms with Gasteiger partial charge in [0.25, 0.3) is 5.82 Å². The first kappa shape index (κ1) is 10.6. The molecule has 0 atom stereocenters. The highest BCUT2D eigenvalue weighted by molar-refractivity contribution is 7.99. The van der Waals surface area contributed by atoms with Crippen LogP contribution in [-0.4, -0.2) is 16.5 Å². The molecule has 2 nitrogen and oxygen atoms in total. The Balaban J connectivity index is 2.27. The summed E-state index contributed by atoms with van der Waals surface area (Å²) in [6.45, 7) is 5.47. The van der Waals surface area contributed by atoms with E-state index in [0.29, 0.717) is 0 Å². The van der Waals surface area contributed by atoms with Gasteiger partial charge in [0.05, 0.1) is 13.0 Å². The molecule has 1 aromatic heterocycles. The molecule has 0 aliphatic heterocycles. The summed E-state index contributed by atoms with van der Waals surface area (Å²) >= 11 is 2.04. The Hall–Kier alpha value is -0.440. The number of H-pyrrole nitrogens is 1. The quantitative estimate of drug-likeness (QED) is 0.549. The van der Waals surface area contributed by atoms with E-state index in [1.54, 1.807) is 0 Å². The summed E-state index contributed by atoms with van der Waals surface area (Å²) in [6.07, 6.45) is 6.57. The van der Waals surface area contributed by atoms with E-state index < -0.39 is 0 Å². The minimum absolute atomic E-state index is 1.07. The lowest BCUT2D eigenvalue weighted by molar-refractivity contribution is -0.699. The van der Waals surface area contributed by atoms with Crippen LogP contribution in [0, 0.1) is 0 Å². The summed E-state index contributed by atoms with van der Waals surface area (Å²) in [7, 11) is 0. The van der Waals surface area contributed by atoms with Gasteiger partial charge in [0.2, 0.25) is 0 Å². The molecule has 13 heavy (non-hydrogen) atoms. The standard InChI is InChI=1S/C10H18N2S/c1-3-8-13-9-5-10-11-6-7-12(10)4-2/h6-7H,3-5,8-9H2,1-2H3/p+1. The van der Waals surface area contributed by atoms with Crippen LogP contribution in [0.4, 0.5) is 0 Å². The normalized spacial score (nSPS) is 10.6. The van der Waals surface area contributed by atoms with E-state index in [4.69, 9.17) is 0 Å². The van der Waals surface area contributed by atoms with Crippen molar-refractivity contribution >= 4 is 11.8 Å². The molecule has 1 N–H and O–H groups in total. The Morgan fingerprint density at radius 2 is 2.23 bits per heavy atom. The number of hydrogen-bond donors (Lipinski definition) is 1. The molecule has 0 saturated carbocycles. The topological polar surface area (TPSA) is 19.7 Å². The second kappa shape index (κ2) is 6.08. The maximum Gasteiger partial charge on any atom is 0.255 e. The van der Waals surface area contributed by atoms with E-state index in [2.05, 4.69) is 29.6 Å².